The molecule has 110 valence electrons. The maximum atomic E-state index is 7.70. The Kier molecular flexibility index (Phi) is 7.50. The second kappa shape index (κ2) is 7.78. The fourth-order valence-corrected chi connectivity index (χ4v) is 2.46. The van der Waals surface area contributed by atoms with Gasteiger partial charge in [-0.05, 0) is 33.6 Å². The number of hydrogen-bond acceptors (Lipinski definition) is 3. The van der Waals surface area contributed by atoms with Crippen LogP contribution in [0.2, 0.25) is 0 Å². The van der Waals surface area contributed by atoms with Crippen molar-refractivity contribution in [3.63, 3.8) is 0 Å². The molecule has 2 nitrogen and oxygen atoms in total. The summed E-state index contributed by atoms with van der Waals surface area (Å²) in [5.41, 5.74) is 3.02. The third-order valence-corrected chi connectivity index (χ3v) is 5.05. The van der Waals surface area contributed by atoms with Crippen LogP contribution in [0.1, 0.15) is 47.5 Å². The monoisotopic (exact) mass is 282 g/mol. The van der Waals surface area contributed by atoms with Crippen LogP contribution in [0.4, 0.5) is 0 Å². The van der Waals surface area contributed by atoms with Crippen molar-refractivity contribution in [3.05, 3.63) is 24.4 Å². The SMILES string of the molecule is C=C(C)CSC(C)(C)CCC(=C)N(C)[C@@H](C)C(C)=N. The molecule has 0 aliphatic rings. The summed E-state index contributed by atoms with van der Waals surface area (Å²) in [6.07, 6.45) is 2.07. The molecule has 0 aliphatic carbocycles. The zero-order valence-electron chi connectivity index (χ0n) is 13.5. The highest BCUT2D eigenvalue weighted by molar-refractivity contribution is 8.00. The molecule has 0 saturated heterocycles. The van der Waals surface area contributed by atoms with Gasteiger partial charge in [0.05, 0.1) is 6.04 Å². The molecule has 0 fully saturated rings. The van der Waals surface area contributed by atoms with Crippen molar-refractivity contribution >= 4 is 17.5 Å². The fraction of sp³-hybridized carbons (Fsp3) is 0.688. The maximum Gasteiger partial charge on any atom is 0.0630 e. The zero-order chi connectivity index (χ0) is 15.2. The first-order valence-electron chi connectivity index (χ1n) is 6.81. The molecule has 0 aromatic heterocycles. The van der Waals surface area contributed by atoms with Crippen molar-refractivity contribution in [2.45, 2.75) is 58.2 Å². The Balaban J connectivity index is 4.28. The Hall–Kier alpha value is -0.700. The lowest BCUT2D eigenvalue weighted by atomic mass is 10.0. The Morgan fingerprint density at radius 1 is 1.32 bits per heavy atom. The minimum atomic E-state index is 0.138. The van der Waals surface area contributed by atoms with Crippen LogP contribution in [0.3, 0.4) is 0 Å². The van der Waals surface area contributed by atoms with Crippen molar-refractivity contribution in [2.24, 2.45) is 0 Å². The smallest absolute Gasteiger partial charge is 0.0630 e. The molecule has 0 rings (SSSR count). The largest absolute Gasteiger partial charge is 0.370 e. The first-order chi connectivity index (χ1) is 8.57. The number of nitrogens with zero attached hydrogens (tertiary/aromatic N) is 1. The van der Waals surface area contributed by atoms with Crippen LogP contribution in [0.5, 0.6) is 0 Å². The summed E-state index contributed by atoms with van der Waals surface area (Å²) in [5.74, 6) is 1.02. The number of allylic oxidation sites excluding steroid dienone is 1. The van der Waals surface area contributed by atoms with E-state index in [2.05, 4.69) is 45.8 Å². The molecule has 0 radical (unpaired) electrons. The van der Waals surface area contributed by atoms with Crippen molar-refractivity contribution in [1.82, 2.24) is 4.90 Å². The molecule has 1 atom stereocenters. The van der Waals surface area contributed by atoms with Gasteiger partial charge >= 0.3 is 0 Å². The summed E-state index contributed by atoms with van der Waals surface area (Å²) in [7, 11) is 2.03. The van der Waals surface area contributed by atoms with Crippen molar-refractivity contribution in [3.8, 4) is 0 Å². The number of hydrogen-bond donors (Lipinski definition) is 1. The highest BCUT2D eigenvalue weighted by atomic mass is 32.2. The van der Waals surface area contributed by atoms with E-state index < -0.39 is 0 Å². The second-order valence-corrected chi connectivity index (χ2v) is 7.72. The quantitative estimate of drug-likeness (QED) is 0.489. The van der Waals surface area contributed by atoms with Crippen LogP contribution < -0.4 is 0 Å². The third-order valence-electron chi connectivity index (χ3n) is 3.43. The van der Waals surface area contributed by atoms with Crippen LogP contribution in [-0.4, -0.2) is 34.2 Å². The minimum Gasteiger partial charge on any atom is -0.370 e. The molecule has 3 heteroatoms. The van der Waals surface area contributed by atoms with E-state index in [0.717, 1.165) is 24.3 Å². The van der Waals surface area contributed by atoms with E-state index in [9.17, 15) is 0 Å². The predicted octanol–water partition coefficient (Wildman–Crippen LogP) is 4.73. The van der Waals surface area contributed by atoms with Gasteiger partial charge in [0.1, 0.15) is 0 Å². The van der Waals surface area contributed by atoms with E-state index in [0.29, 0.717) is 5.71 Å². The van der Waals surface area contributed by atoms with Gasteiger partial charge in [-0.15, -0.1) is 0 Å². The average Bonchev–Trinajstić information content (AvgIpc) is 2.31. The zero-order valence-corrected chi connectivity index (χ0v) is 14.3. The summed E-state index contributed by atoms with van der Waals surface area (Å²) in [5, 5.41) is 7.70. The van der Waals surface area contributed by atoms with Gasteiger partial charge in [-0.25, -0.2) is 0 Å². The van der Waals surface area contributed by atoms with E-state index in [1.54, 1.807) is 0 Å². The normalized spacial score (nSPS) is 12.9. The molecule has 0 aromatic rings. The summed E-state index contributed by atoms with van der Waals surface area (Å²) in [4.78, 5) is 2.11. The lowest BCUT2D eigenvalue weighted by Crippen LogP contribution is -2.33. The van der Waals surface area contributed by atoms with Gasteiger partial charge in [-0.2, -0.15) is 11.8 Å². The van der Waals surface area contributed by atoms with Crippen LogP contribution in [0.15, 0.2) is 24.4 Å². The van der Waals surface area contributed by atoms with Crippen LogP contribution in [-0.2, 0) is 0 Å². The molecule has 0 unspecified atom stereocenters. The maximum absolute atomic E-state index is 7.70. The Labute approximate surface area is 123 Å². The van der Waals surface area contributed by atoms with E-state index >= 15 is 0 Å². The van der Waals surface area contributed by atoms with Gasteiger partial charge in [0.2, 0.25) is 0 Å². The highest BCUT2D eigenvalue weighted by Gasteiger charge is 2.20. The van der Waals surface area contributed by atoms with Gasteiger partial charge in [-0.3, -0.25) is 0 Å². The van der Waals surface area contributed by atoms with Crippen molar-refractivity contribution in [1.29, 1.82) is 5.41 Å². The van der Waals surface area contributed by atoms with Gasteiger partial charge in [-0.1, -0.05) is 32.6 Å². The average molecular weight is 282 g/mol. The number of nitrogens with one attached hydrogen (secondary N) is 1. The first-order valence-corrected chi connectivity index (χ1v) is 7.79. The molecule has 0 aliphatic heterocycles. The summed E-state index contributed by atoms with van der Waals surface area (Å²) < 4.78 is 0.242. The predicted molar refractivity (Wildman–Crippen MR) is 90.4 cm³/mol. The number of rotatable bonds is 9. The summed E-state index contributed by atoms with van der Waals surface area (Å²) in [6.45, 7) is 18.6. The van der Waals surface area contributed by atoms with E-state index in [1.807, 2.05) is 25.7 Å². The molecule has 0 amide bonds. The van der Waals surface area contributed by atoms with Crippen LogP contribution in [0.25, 0.3) is 0 Å². The Morgan fingerprint density at radius 3 is 2.26 bits per heavy atom. The minimum absolute atomic E-state index is 0.138. The lowest BCUT2D eigenvalue weighted by molar-refractivity contribution is 0.368. The van der Waals surface area contributed by atoms with Gasteiger partial charge in [0, 0.05) is 29.0 Å². The highest BCUT2D eigenvalue weighted by Crippen LogP contribution is 2.32. The van der Waals surface area contributed by atoms with Crippen LogP contribution >= 0.6 is 11.8 Å². The van der Waals surface area contributed by atoms with Crippen molar-refractivity contribution < 1.29 is 0 Å². The van der Waals surface area contributed by atoms with Crippen LogP contribution in [0, 0.1) is 5.41 Å². The van der Waals surface area contributed by atoms with Gasteiger partial charge in [0.25, 0.3) is 0 Å². The number of thioether (sulfide) groups is 1. The molecular formula is C16H30N2S. The molecule has 0 aromatic carbocycles. The summed E-state index contributed by atoms with van der Waals surface area (Å²) >= 11 is 1.95. The van der Waals surface area contributed by atoms with E-state index in [1.165, 1.54) is 5.57 Å². The van der Waals surface area contributed by atoms with Crippen molar-refractivity contribution in [2.75, 3.05) is 12.8 Å². The molecule has 19 heavy (non-hydrogen) atoms. The van der Waals surface area contributed by atoms with Gasteiger partial charge in [0.15, 0.2) is 0 Å². The molecule has 0 heterocycles. The fourth-order valence-electron chi connectivity index (χ4n) is 1.58. The van der Waals surface area contributed by atoms with E-state index in [4.69, 9.17) is 5.41 Å². The first kappa shape index (κ1) is 18.3. The molecule has 0 spiro atoms. The molecule has 1 N–H and O–H groups in total. The summed E-state index contributed by atoms with van der Waals surface area (Å²) in [6, 6.07) is 0.138. The standard InChI is InChI=1S/C16H30N2S/c1-12(2)11-19-16(6,7)10-9-13(3)18(8)15(5)14(4)17/h15,17H,1,3,9-11H2,2,4-8H3/t15-/m0/s1. The lowest BCUT2D eigenvalue weighted by Gasteiger charge is -2.31. The second-order valence-electron chi connectivity index (χ2n) is 6.04. The van der Waals surface area contributed by atoms with Gasteiger partial charge < -0.3 is 10.3 Å². The Bertz CT molecular complexity index is 345. The topological polar surface area (TPSA) is 27.1 Å². The third kappa shape index (κ3) is 7.46. The van der Waals surface area contributed by atoms with E-state index in [-0.39, 0.29) is 10.8 Å². The molecule has 0 bridgehead atoms. The molecular weight excluding hydrogens is 252 g/mol. The molecule has 0 saturated carbocycles. The Morgan fingerprint density at radius 2 is 1.84 bits per heavy atom.